The first-order valence-corrected chi connectivity index (χ1v) is 10.6. The Morgan fingerprint density at radius 3 is 2.21 bits per heavy atom. The SMILES string of the molecule is COC(=O)[C@H](NC(=O)c1cc(-c2ccccc2)nc2c(OC(C)=O)cccc12)c1ccccc1. The molecule has 1 aromatic heterocycles. The fourth-order valence-corrected chi connectivity index (χ4v) is 3.65. The maximum Gasteiger partial charge on any atom is 0.333 e. The first-order chi connectivity index (χ1) is 16.5. The number of hydrogen-bond donors (Lipinski definition) is 1. The van der Waals surface area contributed by atoms with Gasteiger partial charge in [-0.3, -0.25) is 9.59 Å². The number of rotatable bonds is 6. The Labute approximate surface area is 196 Å². The van der Waals surface area contributed by atoms with E-state index < -0.39 is 23.9 Å². The monoisotopic (exact) mass is 454 g/mol. The Morgan fingerprint density at radius 1 is 0.882 bits per heavy atom. The van der Waals surface area contributed by atoms with Crippen LogP contribution < -0.4 is 10.1 Å². The molecular weight excluding hydrogens is 432 g/mol. The van der Waals surface area contributed by atoms with Crippen LogP contribution in [0.2, 0.25) is 0 Å². The molecule has 0 radical (unpaired) electrons. The lowest BCUT2D eigenvalue weighted by atomic mass is 10.0. The van der Waals surface area contributed by atoms with Gasteiger partial charge >= 0.3 is 11.9 Å². The molecule has 1 N–H and O–H groups in total. The number of methoxy groups -OCH3 is 1. The lowest BCUT2D eigenvalue weighted by molar-refractivity contribution is -0.143. The molecule has 7 nitrogen and oxygen atoms in total. The second-order valence-electron chi connectivity index (χ2n) is 7.51. The normalized spacial score (nSPS) is 11.5. The molecule has 0 aliphatic rings. The number of nitrogens with zero attached hydrogens (tertiary/aromatic N) is 1. The second-order valence-corrected chi connectivity index (χ2v) is 7.51. The number of para-hydroxylation sites is 1. The zero-order valence-corrected chi connectivity index (χ0v) is 18.6. The van der Waals surface area contributed by atoms with Crippen LogP contribution in [0.25, 0.3) is 22.2 Å². The van der Waals surface area contributed by atoms with Crippen LogP contribution in [0.3, 0.4) is 0 Å². The van der Waals surface area contributed by atoms with Crippen LogP contribution >= 0.6 is 0 Å². The summed E-state index contributed by atoms with van der Waals surface area (Å²) in [6, 6.07) is 23.8. The van der Waals surface area contributed by atoms with Gasteiger partial charge in [0.2, 0.25) is 0 Å². The summed E-state index contributed by atoms with van der Waals surface area (Å²) in [4.78, 5) is 42.4. The van der Waals surface area contributed by atoms with Crippen molar-refractivity contribution in [2.75, 3.05) is 7.11 Å². The van der Waals surface area contributed by atoms with Crippen molar-refractivity contribution >= 4 is 28.7 Å². The van der Waals surface area contributed by atoms with E-state index in [-0.39, 0.29) is 11.3 Å². The number of nitrogens with one attached hydrogen (secondary N) is 1. The van der Waals surface area contributed by atoms with E-state index in [0.29, 0.717) is 22.2 Å². The smallest absolute Gasteiger partial charge is 0.333 e. The lowest BCUT2D eigenvalue weighted by Crippen LogP contribution is -2.34. The third-order valence-corrected chi connectivity index (χ3v) is 5.22. The Kier molecular flexibility index (Phi) is 6.64. The summed E-state index contributed by atoms with van der Waals surface area (Å²) in [5.41, 5.74) is 2.53. The van der Waals surface area contributed by atoms with Crippen LogP contribution in [0.5, 0.6) is 5.75 Å². The summed E-state index contributed by atoms with van der Waals surface area (Å²) in [5, 5.41) is 3.26. The highest BCUT2D eigenvalue weighted by atomic mass is 16.5. The highest BCUT2D eigenvalue weighted by Gasteiger charge is 2.26. The molecule has 1 heterocycles. The van der Waals surface area contributed by atoms with Crippen LogP contribution in [0.1, 0.15) is 28.9 Å². The first kappa shape index (κ1) is 22.7. The molecular formula is C27H22N2O5. The highest BCUT2D eigenvalue weighted by Crippen LogP contribution is 2.31. The number of fused-ring (bicyclic) bond motifs is 1. The number of ether oxygens (including phenoxy) is 2. The van der Waals surface area contributed by atoms with Gasteiger partial charge < -0.3 is 14.8 Å². The average molecular weight is 454 g/mol. The van der Waals surface area contributed by atoms with E-state index in [0.717, 1.165) is 5.56 Å². The molecule has 7 heteroatoms. The molecule has 1 amide bonds. The summed E-state index contributed by atoms with van der Waals surface area (Å²) in [6.45, 7) is 1.30. The molecule has 0 saturated heterocycles. The zero-order chi connectivity index (χ0) is 24.1. The van der Waals surface area contributed by atoms with Crippen LogP contribution in [-0.4, -0.2) is 29.9 Å². The molecule has 0 aliphatic carbocycles. The number of esters is 2. The van der Waals surface area contributed by atoms with Crippen LogP contribution in [0.4, 0.5) is 0 Å². The van der Waals surface area contributed by atoms with Gasteiger partial charge in [0.05, 0.1) is 18.4 Å². The molecule has 170 valence electrons. The summed E-state index contributed by atoms with van der Waals surface area (Å²) < 4.78 is 10.3. The summed E-state index contributed by atoms with van der Waals surface area (Å²) in [7, 11) is 1.27. The largest absolute Gasteiger partial charge is 0.467 e. The third-order valence-electron chi connectivity index (χ3n) is 5.22. The number of pyridine rings is 1. The summed E-state index contributed by atoms with van der Waals surface area (Å²) in [5.74, 6) is -1.35. The van der Waals surface area contributed by atoms with E-state index in [1.165, 1.54) is 14.0 Å². The predicted octanol–water partition coefficient (Wildman–Crippen LogP) is 4.47. The van der Waals surface area contributed by atoms with Gasteiger partial charge in [-0.05, 0) is 17.7 Å². The Balaban J connectivity index is 1.85. The number of aromatic nitrogens is 1. The summed E-state index contributed by atoms with van der Waals surface area (Å²) in [6.07, 6.45) is 0. The van der Waals surface area contributed by atoms with Gasteiger partial charge in [-0.1, -0.05) is 72.8 Å². The Bertz CT molecular complexity index is 1350. The van der Waals surface area contributed by atoms with Crippen molar-refractivity contribution in [1.29, 1.82) is 0 Å². The molecule has 34 heavy (non-hydrogen) atoms. The topological polar surface area (TPSA) is 94.6 Å². The standard InChI is InChI=1S/C27H22N2O5/c1-17(30)34-23-15-9-14-20-21(16-22(28-25(20)23)18-10-5-3-6-11-18)26(31)29-24(27(32)33-2)19-12-7-4-8-13-19/h3-16,24H,1-2H3,(H,29,31)/t24-/m1/s1. The van der Waals surface area contributed by atoms with Crippen molar-refractivity contribution in [1.82, 2.24) is 10.3 Å². The van der Waals surface area contributed by atoms with Crippen molar-refractivity contribution in [2.45, 2.75) is 13.0 Å². The first-order valence-electron chi connectivity index (χ1n) is 10.6. The van der Waals surface area contributed by atoms with Gasteiger partial charge in [0.1, 0.15) is 5.52 Å². The molecule has 4 aromatic rings. The van der Waals surface area contributed by atoms with E-state index in [4.69, 9.17) is 9.47 Å². The van der Waals surface area contributed by atoms with Crippen molar-refractivity contribution in [2.24, 2.45) is 0 Å². The van der Waals surface area contributed by atoms with Crippen molar-refractivity contribution in [3.63, 3.8) is 0 Å². The van der Waals surface area contributed by atoms with Crippen molar-refractivity contribution in [3.05, 3.63) is 96.1 Å². The van der Waals surface area contributed by atoms with E-state index in [2.05, 4.69) is 10.3 Å². The molecule has 1 atom stereocenters. The lowest BCUT2D eigenvalue weighted by Gasteiger charge is -2.18. The maximum absolute atomic E-state index is 13.5. The van der Waals surface area contributed by atoms with Crippen LogP contribution in [0, 0.1) is 0 Å². The number of carbonyl (C=O) groups excluding carboxylic acids is 3. The molecule has 0 saturated carbocycles. The minimum absolute atomic E-state index is 0.240. The Morgan fingerprint density at radius 2 is 1.56 bits per heavy atom. The van der Waals surface area contributed by atoms with Gasteiger partial charge in [-0.2, -0.15) is 0 Å². The highest BCUT2D eigenvalue weighted by molar-refractivity contribution is 6.09. The van der Waals surface area contributed by atoms with Gasteiger partial charge in [0.15, 0.2) is 11.8 Å². The maximum atomic E-state index is 13.5. The predicted molar refractivity (Wildman–Crippen MR) is 127 cm³/mol. The average Bonchev–Trinajstić information content (AvgIpc) is 2.87. The van der Waals surface area contributed by atoms with Crippen molar-refractivity contribution < 1.29 is 23.9 Å². The minimum atomic E-state index is -1.00. The zero-order valence-electron chi connectivity index (χ0n) is 18.6. The molecule has 4 rings (SSSR count). The second kappa shape index (κ2) is 9.95. The van der Waals surface area contributed by atoms with Crippen LogP contribution in [0.15, 0.2) is 84.9 Å². The van der Waals surface area contributed by atoms with Gasteiger partial charge in [-0.15, -0.1) is 0 Å². The fraction of sp³-hybridized carbons (Fsp3) is 0.111. The molecule has 0 unspecified atom stereocenters. The number of amides is 1. The van der Waals surface area contributed by atoms with Gasteiger partial charge in [0.25, 0.3) is 5.91 Å². The third kappa shape index (κ3) is 4.78. The van der Waals surface area contributed by atoms with Gasteiger partial charge in [-0.25, -0.2) is 9.78 Å². The molecule has 0 aliphatic heterocycles. The minimum Gasteiger partial charge on any atom is -0.467 e. The Hall–Kier alpha value is -4.52. The number of carbonyl (C=O) groups is 3. The van der Waals surface area contributed by atoms with E-state index in [1.807, 2.05) is 36.4 Å². The quantitative estimate of drug-likeness (QED) is 0.341. The van der Waals surface area contributed by atoms with E-state index in [1.54, 1.807) is 48.5 Å². The number of hydrogen-bond acceptors (Lipinski definition) is 6. The van der Waals surface area contributed by atoms with E-state index >= 15 is 0 Å². The number of benzene rings is 3. The summed E-state index contributed by atoms with van der Waals surface area (Å²) >= 11 is 0. The van der Waals surface area contributed by atoms with Crippen LogP contribution in [-0.2, 0) is 14.3 Å². The van der Waals surface area contributed by atoms with E-state index in [9.17, 15) is 14.4 Å². The molecule has 3 aromatic carbocycles. The molecule has 0 bridgehead atoms. The molecule has 0 spiro atoms. The van der Waals surface area contributed by atoms with Gasteiger partial charge in [0, 0.05) is 17.9 Å². The fourth-order valence-electron chi connectivity index (χ4n) is 3.65. The van der Waals surface area contributed by atoms with Crippen molar-refractivity contribution in [3.8, 4) is 17.0 Å². The molecule has 0 fully saturated rings.